The molecule has 1 heterocycles. The van der Waals surface area contributed by atoms with E-state index < -0.39 is 5.41 Å². The number of carbonyl (C=O) groups excluding carboxylic acids is 1. The molecular formula is C13H23N3OS. The molecule has 0 fully saturated rings. The van der Waals surface area contributed by atoms with E-state index in [1.165, 1.54) is 16.2 Å². The number of aromatic nitrogens is 1. The molecule has 1 rings (SSSR count). The minimum Gasteiger partial charge on any atom is -0.329 e. The van der Waals surface area contributed by atoms with Crippen LogP contribution in [0, 0.1) is 5.41 Å². The SMILES string of the molecule is CCC(CC)(CN)C(=O)Nc1ncc(C(C)C)s1. The number of hydrogen-bond acceptors (Lipinski definition) is 4. The summed E-state index contributed by atoms with van der Waals surface area (Å²) in [5, 5.41) is 3.57. The van der Waals surface area contributed by atoms with Crippen LogP contribution in [0.5, 0.6) is 0 Å². The lowest BCUT2D eigenvalue weighted by molar-refractivity contribution is -0.125. The average molecular weight is 269 g/mol. The fourth-order valence-corrected chi connectivity index (χ4v) is 2.61. The molecule has 0 atom stereocenters. The number of thiazole rings is 1. The highest BCUT2D eigenvalue weighted by molar-refractivity contribution is 7.15. The van der Waals surface area contributed by atoms with Crippen molar-refractivity contribution >= 4 is 22.4 Å². The molecule has 0 radical (unpaired) electrons. The van der Waals surface area contributed by atoms with Crippen LogP contribution in [0.2, 0.25) is 0 Å². The number of nitrogens with zero attached hydrogens (tertiary/aromatic N) is 1. The summed E-state index contributed by atoms with van der Waals surface area (Å²) in [6, 6.07) is 0. The Kier molecular flexibility index (Phi) is 5.28. The molecule has 0 spiro atoms. The van der Waals surface area contributed by atoms with Gasteiger partial charge in [0.2, 0.25) is 5.91 Å². The van der Waals surface area contributed by atoms with Crippen LogP contribution >= 0.6 is 11.3 Å². The number of hydrogen-bond donors (Lipinski definition) is 2. The summed E-state index contributed by atoms with van der Waals surface area (Å²) in [4.78, 5) is 17.7. The fraction of sp³-hybridized carbons (Fsp3) is 0.692. The lowest BCUT2D eigenvalue weighted by Gasteiger charge is -2.27. The number of rotatable bonds is 6. The van der Waals surface area contributed by atoms with E-state index in [-0.39, 0.29) is 5.91 Å². The topological polar surface area (TPSA) is 68.0 Å². The van der Waals surface area contributed by atoms with E-state index in [1.54, 1.807) is 0 Å². The summed E-state index contributed by atoms with van der Waals surface area (Å²) in [6.07, 6.45) is 3.31. The molecule has 0 aliphatic heterocycles. The predicted molar refractivity (Wildman–Crippen MR) is 76.9 cm³/mol. The predicted octanol–water partition coefficient (Wildman–Crippen LogP) is 2.97. The van der Waals surface area contributed by atoms with Crippen molar-refractivity contribution in [3.05, 3.63) is 11.1 Å². The van der Waals surface area contributed by atoms with Gasteiger partial charge in [0.1, 0.15) is 0 Å². The first kappa shape index (κ1) is 15.1. The van der Waals surface area contributed by atoms with Crippen molar-refractivity contribution in [3.8, 4) is 0 Å². The number of anilines is 1. The van der Waals surface area contributed by atoms with Crippen LogP contribution in [0.3, 0.4) is 0 Å². The summed E-state index contributed by atoms with van der Waals surface area (Å²) in [5.74, 6) is 0.421. The number of amides is 1. The van der Waals surface area contributed by atoms with E-state index in [4.69, 9.17) is 5.73 Å². The van der Waals surface area contributed by atoms with Crippen LogP contribution in [0.4, 0.5) is 5.13 Å². The maximum atomic E-state index is 12.3. The van der Waals surface area contributed by atoms with Crippen LogP contribution < -0.4 is 11.1 Å². The van der Waals surface area contributed by atoms with Crippen molar-refractivity contribution in [2.45, 2.75) is 46.5 Å². The van der Waals surface area contributed by atoms with Gasteiger partial charge in [-0.15, -0.1) is 11.3 Å². The Morgan fingerprint density at radius 3 is 2.50 bits per heavy atom. The van der Waals surface area contributed by atoms with E-state index in [0.717, 1.165) is 12.8 Å². The van der Waals surface area contributed by atoms with Gasteiger partial charge in [0, 0.05) is 17.6 Å². The molecule has 3 N–H and O–H groups in total. The lowest BCUT2D eigenvalue weighted by atomic mass is 9.81. The monoisotopic (exact) mass is 269 g/mol. The molecule has 102 valence electrons. The zero-order chi connectivity index (χ0) is 13.8. The van der Waals surface area contributed by atoms with Gasteiger partial charge in [-0.05, 0) is 18.8 Å². The Hall–Kier alpha value is -0.940. The summed E-state index contributed by atoms with van der Waals surface area (Å²) in [7, 11) is 0. The number of nitrogens with two attached hydrogens (primary N) is 1. The summed E-state index contributed by atoms with van der Waals surface area (Å²) in [5.41, 5.74) is 5.29. The number of nitrogens with one attached hydrogen (secondary N) is 1. The Bertz CT molecular complexity index is 388. The Morgan fingerprint density at radius 2 is 2.11 bits per heavy atom. The molecule has 1 amide bonds. The highest BCUT2D eigenvalue weighted by atomic mass is 32.1. The molecule has 0 saturated carbocycles. The second-order valence-corrected chi connectivity index (χ2v) is 5.93. The molecule has 1 aromatic heterocycles. The third-order valence-electron chi connectivity index (χ3n) is 3.54. The highest BCUT2D eigenvalue weighted by Gasteiger charge is 2.33. The van der Waals surface area contributed by atoms with Gasteiger partial charge in [-0.2, -0.15) is 0 Å². The minimum atomic E-state index is -0.469. The molecule has 0 aromatic carbocycles. The van der Waals surface area contributed by atoms with Gasteiger partial charge in [-0.3, -0.25) is 4.79 Å². The molecule has 0 unspecified atom stereocenters. The van der Waals surface area contributed by atoms with Crippen molar-refractivity contribution in [3.63, 3.8) is 0 Å². The zero-order valence-electron chi connectivity index (χ0n) is 11.6. The van der Waals surface area contributed by atoms with Crippen LogP contribution in [0.25, 0.3) is 0 Å². The number of carbonyl (C=O) groups is 1. The van der Waals surface area contributed by atoms with Crippen molar-refractivity contribution < 1.29 is 4.79 Å². The molecule has 1 aromatic rings. The second-order valence-electron chi connectivity index (χ2n) is 4.87. The summed E-state index contributed by atoms with van der Waals surface area (Å²) in [6.45, 7) is 8.59. The first-order valence-corrected chi connectivity index (χ1v) is 7.28. The van der Waals surface area contributed by atoms with Gasteiger partial charge in [0.25, 0.3) is 0 Å². The molecule has 5 heteroatoms. The molecule has 18 heavy (non-hydrogen) atoms. The standard InChI is InChI=1S/C13H23N3OS/c1-5-13(6-2,8-14)11(17)16-12-15-7-10(18-12)9(3)4/h7,9H,5-6,8,14H2,1-4H3,(H,15,16,17). The molecule has 0 saturated heterocycles. The Labute approximate surface area is 113 Å². The molecule has 0 aliphatic rings. The molecule has 4 nitrogen and oxygen atoms in total. The molecule has 0 aliphatic carbocycles. The maximum absolute atomic E-state index is 12.3. The van der Waals surface area contributed by atoms with Crippen molar-refractivity contribution in [1.82, 2.24) is 4.98 Å². The van der Waals surface area contributed by atoms with Gasteiger partial charge in [0.15, 0.2) is 5.13 Å². The summed E-state index contributed by atoms with van der Waals surface area (Å²) >= 11 is 1.53. The van der Waals surface area contributed by atoms with Gasteiger partial charge < -0.3 is 11.1 Å². The smallest absolute Gasteiger partial charge is 0.233 e. The van der Waals surface area contributed by atoms with Crippen molar-refractivity contribution in [1.29, 1.82) is 0 Å². The normalized spacial score (nSPS) is 11.9. The zero-order valence-corrected chi connectivity index (χ0v) is 12.4. The van der Waals surface area contributed by atoms with Crippen LogP contribution in [0.15, 0.2) is 6.20 Å². The molecular weight excluding hydrogens is 246 g/mol. The van der Waals surface area contributed by atoms with Crippen molar-refractivity contribution in [2.75, 3.05) is 11.9 Å². The minimum absolute atomic E-state index is 0.0142. The molecule has 0 bridgehead atoms. The fourth-order valence-electron chi connectivity index (χ4n) is 1.79. The van der Waals surface area contributed by atoms with Gasteiger partial charge >= 0.3 is 0 Å². The average Bonchev–Trinajstić information content (AvgIpc) is 2.81. The van der Waals surface area contributed by atoms with Crippen LogP contribution in [-0.2, 0) is 4.79 Å². The van der Waals surface area contributed by atoms with E-state index >= 15 is 0 Å². The van der Waals surface area contributed by atoms with Crippen LogP contribution in [0.1, 0.15) is 51.3 Å². The van der Waals surface area contributed by atoms with Crippen LogP contribution in [-0.4, -0.2) is 17.4 Å². The van der Waals surface area contributed by atoms with Gasteiger partial charge in [-0.25, -0.2) is 4.98 Å². The third-order valence-corrected chi connectivity index (χ3v) is 4.75. The maximum Gasteiger partial charge on any atom is 0.233 e. The van der Waals surface area contributed by atoms with Crippen molar-refractivity contribution in [2.24, 2.45) is 11.1 Å². The van der Waals surface area contributed by atoms with E-state index in [0.29, 0.717) is 17.6 Å². The lowest BCUT2D eigenvalue weighted by Crippen LogP contribution is -2.41. The Morgan fingerprint density at radius 1 is 1.50 bits per heavy atom. The first-order valence-electron chi connectivity index (χ1n) is 6.46. The third kappa shape index (κ3) is 3.09. The highest BCUT2D eigenvalue weighted by Crippen LogP contribution is 2.29. The first-order chi connectivity index (χ1) is 8.49. The van der Waals surface area contributed by atoms with E-state index in [9.17, 15) is 4.79 Å². The van der Waals surface area contributed by atoms with E-state index in [1.807, 2.05) is 20.0 Å². The second kappa shape index (κ2) is 6.29. The van der Waals surface area contributed by atoms with Gasteiger partial charge in [0.05, 0.1) is 5.41 Å². The quantitative estimate of drug-likeness (QED) is 0.834. The summed E-state index contributed by atoms with van der Waals surface area (Å²) < 4.78 is 0. The van der Waals surface area contributed by atoms with E-state index in [2.05, 4.69) is 24.1 Å². The largest absolute Gasteiger partial charge is 0.329 e. The Balaban J connectivity index is 2.79. The van der Waals surface area contributed by atoms with Gasteiger partial charge in [-0.1, -0.05) is 27.7 Å².